The maximum Gasteiger partial charge on any atom is 0.573 e. The van der Waals surface area contributed by atoms with Crippen LogP contribution in [0.5, 0.6) is 5.75 Å². The second kappa shape index (κ2) is 6.60. The van der Waals surface area contributed by atoms with E-state index in [-0.39, 0.29) is 23.8 Å². The Balaban J connectivity index is 1.66. The van der Waals surface area contributed by atoms with Gasteiger partial charge < -0.3 is 14.8 Å². The first-order chi connectivity index (χ1) is 11.3. The maximum atomic E-state index is 12.5. The zero-order valence-electron chi connectivity index (χ0n) is 13.2. The van der Waals surface area contributed by atoms with E-state index in [4.69, 9.17) is 4.74 Å². The Morgan fingerprint density at radius 2 is 2.08 bits per heavy atom. The van der Waals surface area contributed by atoms with Crippen molar-refractivity contribution in [3.05, 3.63) is 29.8 Å². The Morgan fingerprint density at radius 3 is 2.83 bits per heavy atom. The number of rotatable bonds is 3. The van der Waals surface area contributed by atoms with Gasteiger partial charge in [-0.05, 0) is 25.5 Å². The number of fused-ring (bicyclic) bond motifs is 1. The molecule has 0 unspecified atom stereocenters. The first-order valence-corrected chi connectivity index (χ1v) is 7.83. The summed E-state index contributed by atoms with van der Waals surface area (Å²) >= 11 is 0. The van der Waals surface area contributed by atoms with Gasteiger partial charge in [0, 0.05) is 25.2 Å². The highest BCUT2D eigenvalue weighted by Gasteiger charge is 2.37. The number of nitrogens with zero attached hydrogens (tertiary/aromatic N) is 1. The summed E-state index contributed by atoms with van der Waals surface area (Å²) in [6, 6.07) is 5.49. The van der Waals surface area contributed by atoms with E-state index in [1.165, 1.54) is 18.2 Å². The van der Waals surface area contributed by atoms with E-state index in [9.17, 15) is 18.0 Å². The number of ether oxygens (including phenoxy) is 2. The van der Waals surface area contributed by atoms with Crippen LogP contribution in [0.15, 0.2) is 24.3 Å². The van der Waals surface area contributed by atoms with Crippen LogP contribution in [0, 0.1) is 0 Å². The number of alkyl halides is 3. The Hall–Kier alpha value is -1.80. The van der Waals surface area contributed by atoms with Crippen molar-refractivity contribution >= 4 is 5.91 Å². The van der Waals surface area contributed by atoms with Crippen molar-refractivity contribution in [1.82, 2.24) is 10.2 Å². The van der Waals surface area contributed by atoms with Crippen LogP contribution in [-0.4, -0.2) is 55.1 Å². The van der Waals surface area contributed by atoms with Gasteiger partial charge in [0.1, 0.15) is 5.75 Å². The Labute approximate surface area is 137 Å². The van der Waals surface area contributed by atoms with E-state index >= 15 is 0 Å². The van der Waals surface area contributed by atoms with Gasteiger partial charge in [-0.1, -0.05) is 12.1 Å². The first-order valence-electron chi connectivity index (χ1n) is 7.83. The number of benzene rings is 1. The summed E-state index contributed by atoms with van der Waals surface area (Å²) in [5.74, 6) is -1.05. The van der Waals surface area contributed by atoms with Gasteiger partial charge in [-0.15, -0.1) is 13.2 Å². The Bertz CT molecular complexity index is 608. The fraction of sp³-hybridized carbons (Fsp3) is 0.562. The summed E-state index contributed by atoms with van der Waals surface area (Å²) in [6.45, 7) is 4.07. The highest BCUT2D eigenvalue weighted by molar-refractivity contribution is 5.97. The summed E-state index contributed by atoms with van der Waals surface area (Å²) in [7, 11) is 0. The van der Waals surface area contributed by atoms with Crippen LogP contribution >= 0.6 is 0 Å². The number of nitrogens with one attached hydrogen (secondary N) is 1. The predicted molar refractivity (Wildman–Crippen MR) is 79.8 cm³/mol. The molecule has 2 fully saturated rings. The summed E-state index contributed by atoms with van der Waals surface area (Å²) < 4.78 is 46.9. The number of carbonyl (C=O) groups is 1. The van der Waals surface area contributed by atoms with Crippen molar-refractivity contribution in [2.45, 2.75) is 37.9 Å². The van der Waals surface area contributed by atoms with Crippen LogP contribution in [0.2, 0.25) is 0 Å². The third kappa shape index (κ3) is 3.99. The van der Waals surface area contributed by atoms with Crippen molar-refractivity contribution < 1.29 is 27.4 Å². The van der Waals surface area contributed by atoms with Gasteiger partial charge >= 0.3 is 6.36 Å². The number of hydrogen-bond donors (Lipinski definition) is 1. The predicted octanol–water partition coefficient (Wildman–Crippen LogP) is 2.18. The third-order valence-corrected chi connectivity index (χ3v) is 4.29. The lowest BCUT2D eigenvalue weighted by Gasteiger charge is -2.33. The molecule has 24 heavy (non-hydrogen) atoms. The lowest BCUT2D eigenvalue weighted by molar-refractivity contribution is -0.274. The quantitative estimate of drug-likeness (QED) is 0.913. The van der Waals surface area contributed by atoms with Gasteiger partial charge in [0.15, 0.2) is 0 Å². The first kappa shape index (κ1) is 17.0. The van der Waals surface area contributed by atoms with Crippen LogP contribution in [0.25, 0.3) is 0 Å². The van der Waals surface area contributed by atoms with Crippen LogP contribution in [0.3, 0.4) is 0 Å². The highest BCUT2D eigenvalue weighted by atomic mass is 19.4. The Morgan fingerprint density at radius 1 is 1.33 bits per heavy atom. The Kier molecular flexibility index (Phi) is 4.69. The number of morpholine rings is 1. The lowest BCUT2D eigenvalue weighted by atomic mass is 10.1. The summed E-state index contributed by atoms with van der Waals surface area (Å²) in [5, 5.41) is 2.81. The SMILES string of the molecule is C[C@H]1CN2C[C@@H](NC(=O)c3ccccc3OC(F)(F)F)C[C@H]2CO1. The fourth-order valence-corrected chi connectivity index (χ4v) is 3.28. The molecule has 8 heteroatoms. The highest BCUT2D eigenvalue weighted by Crippen LogP contribution is 2.27. The molecule has 3 atom stereocenters. The average Bonchev–Trinajstić information content (AvgIpc) is 2.87. The molecule has 3 rings (SSSR count). The van der Waals surface area contributed by atoms with Crippen LogP contribution < -0.4 is 10.1 Å². The van der Waals surface area contributed by atoms with E-state index in [1.807, 2.05) is 6.92 Å². The number of hydrogen-bond acceptors (Lipinski definition) is 4. The second-order valence-corrected chi connectivity index (χ2v) is 6.20. The molecule has 5 nitrogen and oxygen atoms in total. The van der Waals surface area contributed by atoms with Gasteiger partial charge in [0.05, 0.1) is 18.3 Å². The maximum absolute atomic E-state index is 12.5. The topological polar surface area (TPSA) is 50.8 Å². The largest absolute Gasteiger partial charge is 0.573 e. The average molecular weight is 344 g/mol. The van der Waals surface area contributed by atoms with E-state index in [2.05, 4.69) is 15.0 Å². The van der Waals surface area contributed by atoms with Gasteiger partial charge in [0.25, 0.3) is 5.91 Å². The molecule has 0 aliphatic carbocycles. The summed E-state index contributed by atoms with van der Waals surface area (Å²) in [6.07, 6.45) is -3.96. The molecule has 2 saturated heterocycles. The molecule has 1 aromatic carbocycles. The normalized spacial score (nSPS) is 27.6. The van der Waals surface area contributed by atoms with Gasteiger partial charge in [-0.2, -0.15) is 0 Å². The molecule has 2 heterocycles. The molecule has 2 aliphatic rings. The summed E-state index contributed by atoms with van der Waals surface area (Å²) in [4.78, 5) is 14.6. The van der Waals surface area contributed by atoms with Crippen LogP contribution in [0.1, 0.15) is 23.7 Å². The molecule has 0 spiro atoms. The molecule has 0 radical (unpaired) electrons. The molecule has 1 N–H and O–H groups in total. The van der Waals surface area contributed by atoms with Crippen molar-refractivity contribution in [1.29, 1.82) is 0 Å². The third-order valence-electron chi connectivity index (χ3n) is 4.29. The van der Waals surface area contributed by atoms with E-state index in [1.54, 1.807) is 0 Å². The number of para-hydroxylation sites is 1. The van der Waals surface area contributed by atoms with Gasteiger partial charge in [-0.3, -0.25) is 9.69 Å². The molecule has 0 bridgehead atoms. The summed E-state index contributed by atoms with van der Waals surface area (Å²) in [5.41, 5.74) is -0.121. The molecule has 1 aromatic rings. The smallest absolute Gasteiger partial charge is 0.405 e. The molecule has 1 amide bonds. The lowest BCUT2D eigenvalue weighted by Crippen LogP contribution is -2.45. The number of carbonyl (C=O) groups excluding carboxylic acids is 1. The van der Waals surface area contributed by atoms with Crippen LogP contribution in [0.4, 0.5) is 13.2 Å². The van der Waals surface area contributed by atoms with Crippen molar-refractivity contribution in [2.75, 3.05) is 19.7 Å². The molecule has 0 saturated carbocycles. The second-order valence-electron chi connectivity index (χ2n) is 6.20. The van der Waals surface area contributed by atoms with Crippen molar-refractivity contribution in [2.24, 2.45) is 0 Å². The molecule has 0 aromatic heterocycles. The van der Waals surface area contributed by atoms with E-state index in [0.717, 1.165) is 19.0 Å². The molecular weight excluding hydrogens is 325 g/mol. The number of amides is 1. The van der Waals surface area contributed by atoms with E-state index in [0.29, 0.717) is 13.2 Å². The minimum absolute atomic E-state index is 0.115. The van der Waals surface area contributed by atoms with Crippen molar-refractivity contribution in [3.8, 4) is 5.75 Å². The zero-order valence-corrected chi connectivity index (χ0v) is 13.2. The number of halogens is 3. The van der Waals surface area contributed by atoms with Crippen LogP contribution in [-0.2, 0) is 4.74 Å². The fourth-order valence-electron chi connectivity index (χ4n) is 3.28. The minimum atomic E-state index is -4.84. The standard InChI is InChI=1S/C16H19F3N2O3/c1-10-7-21-8-11(6-12(21)9-23-10)20-15(22)13-4-2-3-5-14(13)24-16(17,18)19/h2-5,10-12H,6-9H2,1H3,(H,20,22)/t10-,11-,12-/m0/s1. The minimum Gasteiger partial charge on any atom is -0.405 e. The van der Waals surface area contributed by atoms with E-state index < -0.39 is 18.0 Å². The molecule has 2 aliphatic heterocycles. The van der Waals surface area contributed by atoms with Crippen molar-refractivity contribution in [3.63, 3.8) is 0 Å². The van der Waals surface area contributed by atoms with Gasteiger partial charge in [-0.25, -0.2) is 0 Å². The zero-order chi connectivity index (χ0) is 17.3. The molecular formula is C16H19F3N2O3. The molecule has 132 valence electrons. The monoisotopic (exact) mass is 344 g/mol. The van der Waals surface area contributed by atoms with Gasteiger partial charge in [0.2, 0.25) is 0 Å².